The second-order valence-electron chi connectivity index (χ2n) is 8.65. The van der Waals surface area contributed by atoms with Crippen LogP contribution in [-0.2, 0) is 32.6 Å². The van der Waals surface area contributed by atoms with Crippen molar-refractivity contribution in [1.29, 1.82) is 0 Å². The minimum absolute atomic E-state index is 0.0172. The van der Waals surface area contributed by atoms with E-state index in [0.29, 0.717) is 39.1 Å². The van der Waals surface area contributed by atoms with Crippen molar-refractivity contribution < 1.29 is 27.4 Å². The molecule has 1 saturated heterocycles. The number of benzene rings is 2. The predicted octanol–water partition coefficient (Wildman–Crippen LogP) is 3.31. The first-order chi connectivity index (χ1) is 16.8. The molecule has 0 radical (unpaired) electrons. The number of carbonyl (C=O) groups excluding carboxylic acids is 1. The molecule has 3 rings (SSSR count). The Balaban J connectivity index is 1.66. The van der Waals surface area contributed by atoms with Gasteiger partial charge in [-0.15, -0.1) is 0 Å². The second-order valence-corrected chi connectivity index (χ2v) is 10.7. The van der Waals surface area contributed by atoms with Crippen LogP contribution in [0.15, 0.2) is 48.5 Å². The van der Waals surface area contributed by atoms with E-state index in [-0.39, 0.29) is 30.7 Å². The van der Waals surface area contributed by atoms with Crippen LogP contribution in [0.4, 0.5) is 0 Å². The smallest absolute Gasteiger partial charge is 0.309 e. The topological polar surface area (TPSA) is 85.4 Å². The van der Waals surface area contributed by atoms with Crippen LogP contribution in [0.3, 0.4) is 0 Å². The number of sulfonamides is 1. The van der Waals surface area contributed by atoms with Crippen LogP contribution in [0.25, 0.3) is 0 Å². The number of hydrogen-bond acceptors (Lipinski definition) is 7. The highest BCUT2D eigenvalue weighted by molar-refractivity contribution is 7.89. The number of esters is 1. The first-order valence-corrected chi connectivity index (χ1v) is 13.6. The predicted molar refractivity (Wildman–Crippen MR) is 135 cm³/mol. The van der Waals surface area contributed by atoms with Crippen molar-refractivity contribution in [3.8, 4) is 11.5 Å². The number of rotatable bonds is 12. The Hall–Kier alpha value is -2.62. The molecule has 0 saturated carbocycles. The van der Waals surface area contributed by atoms with E-state index in [1.165, 1.54) is 4.31 Å². The zero-order valence-corrected chi connectivity index (χ0v) is 21.6. The van der Waals surface area contributed by atoms with Gasteiger partial charge < -0.3 is 19.1 Å². The Bertz CT molecular complexity index is 983. The van der Waals surface area contributed by atoms with E-state index in [0.717, 1.165) is 22.6 Å². The monoisotopic (exact) mass is 504 g/mol. The lowest BCUT2D eigenvalue weighted by Gasteiger charge is -2.31. The van der Waals surface area contributed by atoms with Gasteiger partial charge in [-0.2, -0.15) is 4.31 Å². The molecule has 2 aromatic carbocycles. The fourth-order valence-electron chi connectivity index (χ4n) is 4.15. The highest BCUT2D eigenvalue weighted by Gasteiger charge is 2.28. The molecule has 0 aliphatic carbocycles. The van der Waals surface area contributed by atoms with Gasteiger partial charge in [0.15, 0.2) is 0 Å². The third-order valence-corrected chi connectivity index (χ3v) is 8.05. The average Bonchev–Trinajstić information content (AvgIpc) is 2.88. The molecule has 1 aliphatic rings. The third kappa shape index (κ3) is 7.95. The number of piperidine rings is 1. The van der Waals surface area contributed by atoms with Crippen LogP contribution in [0.1, 0.15) is 30.9 Å². The number of methoxy groups -OCH3 is 2. The van der Waals surface area contributed by atoms with Crippen LogP contribution in [0.2, 0.25) is 0 Å². The molecular weight excluding hydrogens is 468 g/mol. The molecule has 0 spiro atoms. The summed E-state index contributed by atoms with van der Waals surface area (Å²) in [6, 6.07) is 14.9. The van der Waals surface area contributed by atoms with Gasteiger partial charge in [-0.3, -0.25) is 4.79 Å². The van der Waals surface area contributed by atoms with E-state index in [1.54, 1.807) is 14.2 Å². The molecule has 1 aliphatic heterocycles. The van der Waals surface area contributed by atoms with Crippen molar-refractivity contribution in [3.05, 3.63) is 59.7 Å². The van der Waals surface area contributed by atoms with Crippen molar-refractivity contribution in [2.24, 2.45) is 5.92 Å². The Labute approximate surface area is 208 Å². The van der Waals surface area contributed by atoms with Gasteiger partial charge in [-0.25, -0.2) is 8.42 Å². The standard InChI is InChI=1S/C26H36N2O6S/c1-4-34-26(29)23-13-15-27(16-14-23)17-18-35(30,31)28(19-21-5-9-24(32-2)10-6-21)20-22-7-11-25(33-3)12-8-22/h5-12,23H,4,13-20H2,1-3H3. The maximum absolute atomic E-state index is 13.5. The van der Waals surface area contributed by atoms with Crippen LogP contribution in [0.5, 0.6) is 11.5 Å². The molecule has 0 bridgehead atoms. The lowest BCUT2D eigenvalue weighted by molar-refractivity contribution is -0.149. The maximum atomic E-state index is 13.5. The Kier molecular flexibility index (Phi) is 9.94. The fraction of sp³-hybridized carbons (Fsp3) is 0.500. The molecule has 0 aromatic heterocycles. The van der Waals surface area contributed by atoms with Crippen molar-refractivity contribution >= 4 is 16.0 Å². The van der Waals surface area contributed by atoms with Gasteiger partial charge in [0.1, 0.15) is 11.5 Å². The van der Waals surface area contributed by atoms with E-state index in [1.807, 2.05) is 55.5 Å². The molecule has 192 valence electrons. The molecule has 0 atom stereocenters. The first-order valence-electron chi connectivity index (χ1n) is 12.0. The molecule has 2 aromatic rings. The zero-order chi connectivity index (χ0) is 25.3. The van der Waals surface area contributed by atoms with Gasteiger partial charge in [0.05, 0.1) is 32.5 Å². The first kappa shape index (κ1) is 27.0. The molecule has 0 unspecified atom stereocenters. The summed E-state index contributed by atoms with van der Waals surface area (Å²) >= 11 is 0. The average molecular weight is 505 g/mol. The van der Waals surface area contributed by atoms with Crippen molar-refractivity contribution in [1.82, 2.24) is 9.21 Å². The third-order valence-electron chi connectivity index (χ3n) is 6.30. The fourth-order valence-corrected chi connectivity index (χ4v) is 5.59. The highest BCUT2D eigenvalue weighted by Crippen LogP contribution is 2.21. The summed E-state index contributed by atoms with van der Waals surface area (Å²) in [5, 5.41) is 0. The lowest BCUT2D eigenvalue weighted by Crippen LogP contribution is -2.41. The molecule has 35 heavy (non-hydrogen) atoms. The Morgan fingerprint density at radius 1 is 0.914 bits per heavy atom. The molecular formula is C26H36N2O6S. The minimum Gasteiger partial charge on any atom is -0.497 e. The number of carbonyl (C=O) groups is 1. The van der Waals surface area contributed by atoms with Gasteiger partial charge in [0.25, 0.3) is 0 Å². The summed E-state index contributed by atoms with van der Waals surface area (Å²) in [7, 11) is -0.346. The largest absolute Gasteiger partial charge is 0.497 e. The molecule has 8 nitrogen and oxygen atoms in total. The quantitative estimate of drug-likeness (QED) is 0.410. The van der Waals surface area contributed by atoms with Crippen LogP contribution in [-0.4, -0.2) is 69.8 Å². The number of ether oxygens (including phenoxy) is 3. The van der Waals surface area contributed by atoms with Gasteiger partial charge in [-0.05, 0) is 68.2 Å². The highest BCUT2D eigenvalue weighted by atomic mass is 32.2. The van der Waals surface area contributed by atoms with E-state index in [2.05, 4.69) is 4.90 Å². The molecule has 9 heteroatoms. The van der Waals surface area contributed by atoms with E-state index >= 15 is 0 Å². The van der Waals surface area contributed by atoms with Crippen molar-refractivity contribution in [3.63, 3.8) is 0 Å². The Morgan fingerprint density at radius 3 is 1.83 bits per heavy atom. The van der Waals surface area contributed by atoms with Gasteiger partial charge in [-0.1, -0.05) is 24.3 Å². The Morgan fingerprint density at radius 2 is 1.40 bits per heavy atom. The summed E-state index contributed by atoms with van der Waals surface area (Å²) in [5.41, 5.74) is 1.77. The summed E-state index contributed by atoms with van der Waals surface area (Å²) in [5.74, 6) is 1.23. The number of nitrogens with zero attached hydrogens (tertiary/aromatic N) is 2. The van der Waals surface area contributed by atoms with Gasteiger partial charge in [0, 0.05) is 19.6 Å². The summed E-state index contributed by atoms with van der Waals surface area (Å²) < 4.78 is 44.0. The van der Waals surface area contributed by atoms with Crippen LogP contribution in [0, 0.1) is 5.92 Å². The van der Waals surface area contributed by atoms with Crippen LogP contribution >= 0.6 is 0 Å². The summed E-state index contributed by atoms with van der Waals surface area (Å²) in [6.45, 7) is 4.54. The van der Waals surface area contributed by atoms with Gasteiger partial charge >= 0.3 is 5.97 Å². The SMILES string of the molecule is CCOC(=O)C1CCN(CCS(=O)(=O)N(Cc2ccc(OC)cc2)Cc2ccc(OC)cc2)CC1. The minimum atomic E-state index is -3.55. The molecule has 1 heterocycles. The zero-order valence-electron chi connectivity index (χ0n) is 20.8. The van der Waals surface area contributed by atoms with Crippen molar-refractivity contribution in [2.45, 2.75) is 32.9 Å². The van der Waals surface area contributed by atoms with E-state index < -0.39 is 10.0 Å². The maximum Gasteiger partial charge on any atom is 0.309 e. The second kappa shape index (κ2) is 12.9. The van der Waals surface area contributed by atoms with E-state index in [4.69, 9.17) is 14.2 Å². The molecule has 1 fully saturated rings. The molecule has 0 N–H and O–H groups in total. The van der Waals surface area contributed by atoms with Crippen molar-refractivity contribution in [2.75, 3.05) is 46.2 Å². The number of likely N-dealkylation sites (tertiary alicyclic amines) is 1. The van der Waals surface area contributed by atoms with Crippen LogP contribution < -0.4 is 9.47 Å². The molecule has 0 amide bonds. The number of hydrogen-bond donors (Lipinski definition) is 0. The normalized spacial score (nSPS) is 15.2. The van der Waals surface area contributed by atoms with Gasteiger partial charge in [0.2, 0.25) is 10.0 Å². The lowest BCUT2D eigenvalue weighted by atomic mass is 9.97. The van der Waals surface area contributed by atoms with E-state index in [9.17, 15) is 13.2 Å². The summed E-state index contributed by atoms with van der Waals surface area (Å²) in [4.78, 5) is 14.1. The summed E-state index contributed by atoms with van der Waals surface area (Å²) in [6.07, 6.45) is 1.39.